The van der Waals surface area contributed by atoms with E-state index in [1.54, 1.807) is 6.07 Å². The van der Waals surface area contributed by atoms with Gasteiger partial charge in [0.25, 0.3) is 0 Å². The number of aryl methyl sites for hydroxylation is 2. The van der Waals surface area contributed by atoms with E-state index in [-0.39, 0.29) is 12.5 Å². The molecular weight excluding hydrogens is 610 g/mol. The molecular formula is C35H44FN2O7P. The van der Waals surface area contributed by atoms with Gasteiger partial charge in [0.05, 0.1) is 12.6 Å². The van der Waals surface area contributed by atoms with Crippen LogP contribution in [0.5, 0.6) is 0 Å². The van der Waals surface area contributed by atoms with Crippen molar-refractivity contribution in [2.24, 2.45) is 0 Å². The van der Waals surface area contributed by atoms with E-state index in [9.17, 15) is 28.3 Å². The average Bonchev–Trinajstić information content (AvgIpc) is 3.04. The zero-order valence-corrected chi connectivity index (χ0v) is 26.9. The lowest BCUT2D eigenvalue weighted by Gasteiger charge is -2.36. The number of benzene rings is 3. The summed E-state index contributed by atoms with van der Waals surface area (Å²) in [5, 5.41) is 2.76. The lowest BCUT2D eigenvalue weighted by atomic mass is 10.00. The topological polar surface area (TPSA) is 125 Å². The van der Waals surface area contributed by atoms with Crippen molar-refractivity contribution in [2.75, 3.05) is 13.2 Å². The molecule has 0 bridgehead atoms. The van der Waals surface area contributed by atoms with Crippen LogP contribution in [-0.2, 0) is 37.9 Å². The minimum absolute atomic E-state index is 0.0668. The molecule has 1 saturated heterocycles. The molecule has 2 atom stereocenters. The number of hydrogen-bond acceptors (Lipinski definition) is 5. The third kappa shape index (κ3) is 12.3. The van der Waals surface area contributed by atoms with Gasteiger partial charge in [0.15, 0.2) is 0 Å². The maximum absolute atomic E-state index is 13.8. The van der Waals surface area contributed by atoms with Crippen LogP contribution in [0.15, 0.2) is 84.9 Å². The Labute approximate surface area is 270 Å². The fourth-order valence-electron chi connectivity index (χ4n) is 5.83. The summed E-state index contributed by atoms with van der Waals surface area (Å²) in [6.45, 7) is -0.176. The normalized spacial score (nSPS) is 15.8. The van der Waals surface area contributed by atoms with Crippen LogP contribution in [0.4, 0.5) is 9.18 Å². The molecule has 0 radical (unpaired) electrons. The Morgan fingerprint density at radius 1 is 0.891 bits per heavy atom. The minimum Gasteiger partial charge on any atom is -0.461 e. The summed E-state index contributed by atoms with van der Waals surface area (Å²) in [5.41, 5.74) is 2.97. The van der Waals surface area contributed by atoms with Crippen molar-refractivity contribution in [3.05, 3.63) is 107 Å². The lowest BCUT2D eigenvalue weighted by Crippen LogP contribution is -2.55. The number of phosphoric ester groups is 1. The van der Waals surface area contributed by atoms with E-state index in [1.165, 1.54) is 34.2 Å². The number of urea groups is 1. The number of nitrogens with zero attached hydrogens (tertiary/aromatic N) is 1. The van der Waals surface area contributed by atoms with Gasteiger partial charge in [0.2, 0.25) is 0 Å². The third-order valence-electron chi connectivity index (χ3n) is 8.13. The predicted molar refractivity (Wildman–Crippen MR) is 173 cm³/mol. The number of halogens is 1. The highest BCUT2D eigenvalue weighted by Crippen LogP contribution is 2.36. The van der Waals surface area contributed by atoms with E-state index < -0.39 is 44.3 Å². The first-order chi connectivity index (χ1) is 22.2. The van der Waals surface area contributed by atoms with E-state index in [1.807, 2.05) is 36.4 Å². The average molecular weight is 655 g/mol. The predicted octanol–water partition coefficient (Wildman–Crippen LogP) is 6.37. The lowest BCUT2D eigenvalue weighted by molar-refractivity contribution is -0.156. The molecule has 1 aliphatic heterocycles. The molecule has 4 rings (SSSR count). The Bertz CT molecular complexity index is 1380. The fourth-order valence-corrected chi connectivity index (χ4v) is 6.20. The number of likely N-dealkylation sites (tertiary alicyclic amines) is 1. The Balaban J connectivity index is 1.40. The molecule has 0 spiro atoms. The van der Waals surface area contributed by atoms with E-state index in [4.69, 9.17) is 9.26 Å². The summed E-state index contributed by atoms with van der Waals surface area (Å²) in [4.78, 5) is 47.1. The summed E-state index contributed by atoms with van der Waals surface area (Å²) < 4.78 is 36.0. The maximum atomic E-state index is 13.8. The van der Waals surface area contributed by atoms with Crippen LogP contribution >= 0.6 is 7.82 Å². The number of nitrogens with one attached hydrogen (secondary N) is 1. The fraction of sp³-hybridized carbons (Fsp3) is 0.429. The third-order valence-corrected chi connectivity index (χ3v) is 8.62. The minimum atomic E-state index is -4.82. The summed E-state index contributed by atoms with van der Waals surface area (Å²) in [6, 6.07) is 23.8. The monoisotopic (exact) mass is 654 g/mol. The molecule has 46 heavy (non-hydrogen) atoms. The van der Waals surface area contributed by atoms with Crippen LogP contribution in [0, 0.1) is 5.82 Å². The van der Waals surface area contributed by atoms with Gasteiger partial charge in [-0.1, -0.05) is 72.8 Å². The van der Waals surface area contributed by atoms with Gasteiger partial charge < -0.3 is 24.7 Å². The van der Waals surface area contributed by atoms with Crippen LogP contribution in [0.25, 0.3) is 0 Å². The highest BCUT2D eigenvalue weighted by molar-refractivity contribution is 7.46. The van der Waals surface area contributed by atoms with Gasteiger partial charge in [-0.15, -0.1) is 0 Å². The van der Waals surface area contributed by atoms with Crippen LogP contribution in [0.2, 0.25) is 0 Å². The molecule has 0 aromatic heterocycles. The molecule has 1 aliphatic rings. The van der Waals surface area contributed by atoms with Crippen molar-refractivity contribution in [1.29, 1.82) is 0 Å². The Hall–Kier alpha value is -3.56. The van der Waals surface area contributed by atoms with Crippen molar-refractivity contribution in [2.45, 2.75) is 82.4 Å². The van der Waals surface area contributed by atoms with Gasteiger partial charge in [-0.3, -0.25) is 4.52 Å². The van der Waals surface area contributed by atoms with Gasteiger partial charge in [-0.05, 0) is 93.0 Å². The molecule has 0 aliphatic carbocycles. The number of carbonyl (C=O) groups excluding carboxylic acids is 2. The molecule has 2 amide bonds. The van der Waals surface area contributed by atoms with Crippen molar-refractivity contribution in [3.8, 4) is 0 Å². The van der Waals surface area contributed by atoms with Crippen LogP contribution in [0.3, 0.4) is 0 Å². The molecule has 9 nitrogen and oxygen atoms in total. The molecule has 11 heteroatoms. The standard InChI is InChI=1S/C35H44FN2O7P/c36-30-19-9-18-29(24-30)25-31(26-44-46(41,42)43)37-35(40)38-23-8-7-22-33(38)34(39)45-32(20-10-16-27-12-3-1-4-13-27)21-11-17-28-14-5-2-6-15-28/h1-6,9,12-15,18-19,24,31-33H,7-8,10-11,16-17,20-23,25-26H2,(H,37,40)(H2,41,42,43). The van der Waals surface area contributed by atoms with Gasteiger partial charge in [-0.2, -0.15) is 0 Å². The molecule has 248 valence electrons. The Morgan fingerprint density at radius 3 is 2.09 bits per heavy atom. The summed E-state index contributed by atoms with van der Waals surface area (Å²) in [7, 11) is -4.82. The molecule has 3 aromatic rings. The number of amides is 2. The number of esters is 1. The second kappa shape index (κ2) is 18.0. The van der Waals surface area contributed by atoms with E-state index in [0.717, 1.165) is 32.1 Å². The van der Waals surface area contributed by atoms with Crippen molar-refractivity contribution < 1.29 is 37.6 Å². The SMILES string of the molecule is O=C(OC(CCCc1ccccc1)CCCc1ccccc1)C1CCCCN1C(=O)NC(COP(=O)(O)O)Cc1cccc(F)c1. The summed E-state index contributed by atoms with van der Waals surface area (Å²) >= 11 is 0. The zero-order valence-electron chi connectivity index (χ0n) is 26.0. The summed E-state index contributed by atoms with van der Waals surface area (Å²) in [5.74, 6) is -0.924. The number of hydrogen-bond donors (Lipinski definition) is 3. The van der Waals surface area contributed by atoms with E-state index in [2.05, 4.69) is 29.6 Å². The van der Waals surface area contributed by atoms with Crippen LogP contribution in [0.1, 0.15) is 61.6 Å². The number of piperidine rings is 1. The molecule has 0 saturated carbocycles. The second-order valence-electron chi connectivity index (χ2n) is 11.8. The molecule has 2 unspecified atom stereocenters. The highest BCUT2D eigenvalue weighted by atomic mass is 31.2. The number of ether oxygens (including phenoxy) is 1. The summed E-state index contributed by atoms with van der Waals surface area (Å²) in [6.07, 6.45) is 6.50. The molecule has 1 heterocycles. The number of carbonyl (C=O) groups is 2. The number of phosphoric acid groups is 1. The second-order valence-corrected chi connectivity index (χ2v) is 13.0. The highest BCUT2D eigenvalue weighted by Gasteiger charge is 2.35. The van der Waals surface area contributed by atoms with E-state index >= 15 is 0 Å². The molecule has 3 aromatic carbocycles. The smallest absolute Gasteiger partial charge is 0.461 e. The van der Waals surface area contributed by atoms with Gasteiger partial charge >= 0.3 is 19.8 Å². The van der Waals surface area contributed by atoms with Crippen molar-refractivity contribution in [1.82, 2.24) is 10.2 Å². The van der Waals surface area contributed by atoms with Gasteiger partial charge in [0, 0.05) is 6.54 Å². The van der Waals surface area contributed by atoms with Crippen molar-refractivity contribution in [3.63, 3.8) is 0 Å². The van der Waals surface area contributed by atoms with Crippen LogP contribution in [-0.4, -0.2) is 58.0 Å². The van der Waals surface area contributed by atoms with Crippen molar-refractivity contribution >= 4 is 19.8 Å². The first-order valence-corrected chi connectivity index (χ1v) is 17.5. The Kier molecular flexibility index (Phi) is 13.8. The van der Waals surface area contributed by atoms with E-state index in [0.29, 0.717) is 37.8 Å². The Morgan fingerprint density at radius 2 is 1.50 bits per heavy atom. The van der Waals surface area contributed by atoms with Gasteiger partial charge in [-0.25, -0.2) is 18.5 Å². The first kappa shape index (κ1) is 35.3. The maximum Gasteiger partial charge on any atom is 0.469 e. The largest absolute Gasteiger partial charge is 0.469 e. The zero-order chi connectivity index (χ0) is 32.8. The molecule has 3 N–H and O–H groups in total. The number of rotatable bonds is 16. The quantitative estimate of drug-likeness (QED) is 0.121. The molecule has 1 fully saturated rings. The van der Waals surface area contributed by atoms with Crippen LogP contribution < -0.4 is 5.32 Å². The first-order valence-electron chi connectivity index (χ1n) is 16.0. The van der Waals surface area contributed by atoms with Gasteiger partial charge in [0.1, 0.15) is 18.0 Å².